The molecule has 0 saturated heterocycles. The van der Waals surface area contributed by atoms with E-state index in [0.29, 0.717) is 9.13 Å². The molecule has 0 atom stereocenters. The summed E-state index contributed by atoms with van der Waals surface area (Å²) in [5.74, 6) is -1.66. The second-order valence-electron chi connectivity index (χ2n) is 19.0. The lowest BCUT2D eigenvalue weighted by Crippen LogP contribution is -2.32. The first-order valence-electron chi connectivity index (χ1n) is 24.2. The third-order valence-electron chi connectivity index (χ3n) is 14.6. The first kappa shape index (κ1) is 55.3. The van der Waals surface area contributed by atoms with Crippen LogP contribution in [0.2, 0.25) is 0 Å². The van der Waals surface area contributed by atoms with Crippen LogP contribution in [0.25, 0.3) is 97.0 Å². The zero-order valence-corrected chi connectivity index (χ0v) is 44.2. The fraction of sp³-hybridized carbons (Fsp3) is 0.0714. The van der Waals surface area contributed by atoms with Crippen LogP contribution in [0.15, 0.2) is 154 Å². The van der Waals surface area contributed by atoms with E-state index in [4.69, 9.17) is 34.4 Å². The number of sulfone groups is 2. The number of hydrogen-bond donors (Lipinski definition) is 7. The van der Waals surface area contributed by atoms with E-state index < -0.39 is 154 Å². The van der Waals surface area contributed by atoms with Gasteiger partial charge in [0, 0.05) is 56.2 Å². The van der Waals surface area contributed by atoms with Crippen LogP contribution in [0.1, 0.15) is 0 Å². The number of fused-ring (bicyclic) bond motifs is 9. The lowest BCUT2D eigenvalue weighted by Gasteiger charge is -2.07. The Hall–Kier alpha value is -11.1. The molecule has 0 aliphatic carbocycles. The molecule has 25 nitrogen and oxygen atoms in total. The number of rotatable bonds is 8. The maximum Gasteiger partial charge on any atom is 0.263 e. The molecule has 9 aromatic carbocycles. The second-order valence-corrected chi connectivity index (χ2v) is 23.1. The van der Waals surface area contributed by atoms with Crippen LogP contribution in [0, 0.1) is 0 Å². The van der Waals surface area contributed by atoms with Gasteiger partial charge < -0.3 is 34.4 Å². The van der Waals surface area contributed by atoms with Crippen molar-refractivity contribution in [2.45, 2.75) is 13.1 Å². The number of hydrogen-bond acceptors (Lipinski definition) is 22. The molecule has 0 saturated carbocycles. The largest absolute Gasteiger partial charge is 0.397 e. The van der Waals surface area contributed by atoms with Crippen molar-refractivity contribution >= 4 is 151 Å². The Bertz CT molecular complexity index is 5410. The van der Waals surface area contributed by atoms with E-state index in [1.54, 1.807) is 12.1 Å². The molecule has 0 fully saturated rings. The van der Waals surface area contributed by atoms with E-state index in [9.17, 15) is 74.4 Å². The predicted octanol–water partition coefficient (Wildman–Crippen LogP) is -0.0713. The van der Waals surface area contributed by atoms with Gasteiger partial charge in [-0.2, -0.15) is 0 Å². The smallest absolute Gasteiger partial charge is 0.263 e. The van der Waals surface area contributed by atoms with Crippen molar-refractivity contribution in [2.75, 3.05) is 45.9 Å². The molecule has 27 heteroatoms. The number of aromatic nitrogens is 3. The van der Waals surface area contributed by atoms with Crippen LogP contribution < -0.4 is 100 Å². The number of nitrogens with one attached hydrogen (secondary N) is 1. The van der Waals surface area contributed by atoms with Gasteiger partial charge in [-0.1, -0.05) is 86.0 Å². The number of aromatic amines is 1. The van der Waals surface area contributed by atoms with Crippen molar-refractivity contribution in [1.29, 1.82) is 0 Å². The third kappa shape index (κ3) is 8.11. The van der Waals surface area contributed by atoms with E-state index >= 15 is 0 Å². The molecular formula is C56H39N9O16S2. The second kappa shape index (κ2) is 19.3. The highest BCUT2D eigenvalue weighted by molar-refractivity contribution is 7.97. The van der Waals surface area contributed by atoms with E-state index in [0.717, 1.165) is 10.8 Å². The summed E-state index contributed by atoms with van der Waals surface area (Å²) < 4.78 is 47.9. The van der Waals surface area contributed by atoms with Crippen molar-refractivity contribution < 1.29 is 16.8 Å². The van der Waals surface area contributed by atoms with Crippen LogP contribution >= 0.6 is 0 Å². The molecule has 12 rings (SSSR count). The summed E-state index contributed by atoms with van der Waals surface area (Å²) in [6.07, 6.45) is 0. The van der Waals surface area contributed by atoms with Crippen LogP contribution in [0.4, 0.5) is 34.1 Å². The molecule has 0 unspecified atom stereocenters. The van der Waals surface area contributed by atoms with E-state index in [2.05, 4.69) is 18.1 Å². The summed E-state index contributed by atoms with van der Waals surface area (Å²) in [6, 6.07) is 18.0. The molecule has 0 bridgehead atoms. The van der Waals surface area contributed by atoms with Crippen molar-refractivity contribution in [2.24, 2.45) is 0 Å². The van der Waals surface area contributed by atoms with Gasteiger partial charge in [-0.15, -0.1) is 0 Å². The van der Waals surface area contributed by atoms with Gasteiger partial charge in [0.2, 0.25) is 0 Å². The van der Waals surface area contributed by atoms with Gasteiger partial charge in [0.1, 0.15) is 0 Å². The first-order valence-corrected chi connectivity index (χ1v) is 27.7. The molecule has 13 N–H and O–H groups in total. The summed E-state index contributed by atoms with van der Waals surface area (Å²) in [7, 11) is -7.37. The Morgan fingerprint density at radius 2 is 0.554 bits per heavy atom. The van der Waals surface area contributed by atoms with Crippen LogP contribution in [-0.2, 0) is 32.8 Å². The molecule has 0 spiro atoms. The van der Waals surface area contributed by atoms with Crippen molar-refractivity contribution in [3.05, 3.63) is 220 Å². The molecule has 416 valence electrons. The average molecular weight is 1160 g/mol. The highest BCUT2D eigenvalue weighted by Crippen LogP contribution is 2.34. The summed E-state index contributed by atoms with van der Waals surface area (Å²) in [5.41, 5.74) is 25.4. The lowest BCUT2D eigenvalue weighted by molar-refractivity contribution is 0.578. The summed E-state index contributed by atoms with van der Waals surface area (Å²) in [5, 5.41) is -1.38. The highest BCUT2D eigenvalue weighted by Gasteiger charge is 2.29. The Balaban J connectivity index is 0.000000210. The van der Waals surface area contributed by atoms with Crippen molar-refractivity contribution in [3.8, 4) is 0 Å². The molecule has 0 amide bonds. The van der Waals surface area contributed by atoms with Gasteiger partial charge in [0.05, 0.1) is 110 Å². The number of benzene rings is 9. The topological polar surface area (TPSA) is 455 Å². The minimum absolute atomic E-state index is 0.0337. The van der Waals surface area contributed by atoms with Crippen molar-refractivity contribution in [1.82, 2.24) is 14.1 Å². The third-order valence-corrected chi connectivity index (χ3v) is 17.1. The SMILES string of the molecule is C=CS(=O)(=O)C=C.Nc1c2c(=O)[nH]c(=O)c2c(N)c2c(=O)c3ccccc3c(=O)c12.Nc1c2c(=O)c3ccccc3c(=O)c2c(N)c2c(=O)n(CCS(=O)(=O)CCn3c(=O)c4c(N)c5c(=O)c6ccccc6c(=O)c5c(N)c4c3=O)c(=O)c12. The minimum atomic E-state index is -4.24. The molecule has 3 heterocycles. The Kier molecular flexibility index (Phi) is 12.9. The normalized spacial score (nSPS) is 12.0. The van der Waals surface area contributed by atoms with Crippen LogP contribution in [-0.4, -0.2) is 42.5 Å². The molecular weight excluding hydrogens is 1120 g/mol. The number of nitrogens with zero attached hydrogens (tertiary/aromatic N) is 2. The summed E-state index contributed by atoms with van der Waals surface area (Å²) in [6.45, 7) is 4.67. The standard InChI is InChI=1S/C36H24N6O10S.C16H9N3O4.C4H6O2S/c37-25-17-18(30(44)14-6-2-1-5-13(14)29(17)43)26(38)22-21(25)33(47)41(34(22)48)9-11-53(51,52)12-10-42-35(49)23-24(36(42)50)28(40)20-19(27(23)39)31(45)15-7-3-4-8-16(15)32(20)46;17-11-7-8(12(18)10-9(11)15(22)19-16(10)23)14(21)6-4-2-1-3-5(6)13(7)20;1-3-7(5,6)4-2/h1-8H,9-12,37-40H2;1-4H,17-18H2,(H,19,22,23);3-4H,1-2H2. The molecule has 0 aliphatic rings. The molecule has 0 aliphatic heterocycles. The van der Waals surface area contributed by atoms with E-state index in [-0.39, 0.29) is 86.8 Å². The predicted molar refractivity (Wildman–Crippen MR) is 324 cm³/mol. The van der Waals surface area contributed by atoms with Crippen molar-refractivity contribution in [3.63, 3.8) is 0 Å². The van der Waals surface area contributed by atoms with Gasteiger partial charge in [-0.05, 0) is 0 Å². The molecule has 83 heavy (non-hydrogen) atoms. The van der Waals surface area contributed by atoms with Gasteiger partial charge in [0.25, 0.3) is 33.4 Å². The fourth-order valence-electron chi connectivity index (χ4n) is 10.6. The van der Waals surface area contributed by atoms with E-state index in [1.165, 1.54) is 60.7 Å². The number of H-pyrrole nitrogens is 1. The monoisotopic (exact) mass is 1160 g/mol. The zero-order chi connectivity index (χ0) is 60.4. The number of nitrogen functional groups attached to an aromatic ring is 6. The molecule has 3 aromatic heterocycles. The van der Waals surface area contributed by atoms with Crippen LogP contribution in [0.5, 0.6) is 0 Å². The quantitative estimate of drug-likeness (QED) is 0.0595. The summed E-state index contributed by atoms with van der Waals surface area (Å²) in [4.78, 5) is 159. The minimum Gasteiger partial charge on any atom is -0.397 e. The maximum atomic E-state index is 13.5. The zero-order valence-electron chi connectivity index (χ0n) is 42.5. The molecule has 0 radical (unpaired) electrons. The highest BCUT2D eigenvalue weighted by atomic mass is 32.2. The van der Waals surface area contributed by atoms with E-state index in [1.807, 2.05) is 0 Å². The van der Waals surface area contributed by atoms with Crippen LogP contribution in [0.3, 0.4) is 0 Å². The first-order chi connectivity index (χ1) is 39.1. The Labute approximate surface area is 459 Å². The van der Waals surface area contributed by atoms with Gasteiger partial charge in [0.15, 0.2) is 52.2 Å². The summed E-state index contributed by atoms with van der Waals surface area (Å²) >= 11 is 0. The van der Waals surface area contributed by atoms with Gasteiger partial charge in [-0.3, -0.25) is 71.7 Å². The Morgan fingerprint density at radius 3 is 0.747 bits per heavy atom. The van der Waals surface area contributed by atoms with Gasteiger partial charge in [-0.25, -0.2) is 16.8 Å². The number of nitrogens with two attached hydrogens (primary N) is 6. The lowest BCUT2D eigenvalue weighted by atomic mass is 9.97. The average Bonchev–Trinajstić information content (AvgIpc) is 1.98. The fourth-order valence-corrected chi connectivity index (χ4v) is 11.8. The van der Waals surface area contributed by atoms with Gasteiger partial charge >= 0.3 is 0 Å². The maximum absolute atomic E-state index is 13.5. The Morgan fingerprint density at radius 1 is 0.349 bits per heavy atom. The number of anilines is 6. The molecule has 12 aromatic rings.